The lowest BCUT2D eigenvalue weighted by Gasteiger charge is -2.30. The SMILES string of the molecule is CCN1CCC(CCN=C(N)Nc2ccc(C)cc2)CC1.I. The van der Waals surface area contributed by atoms with Gasteiger partial charge in [0, 0.05) is 12.2 Å². The second-order valence-corrected chi connectivity index (χ2v) is 5.92. The van der Waals surface area contributed by atoms with Gasteiger partial charge in [-0.2, -0.15) is 0 Å². The van der Waals surface area contributed by atoms with Crippen molar-refractivity contribution in [3.8, 4) is 0 Å². The normalized spacial score (nSPS) is 17.1. The van der Waals surface area contributed by atoms with Crippen LogP contribution >= 0.6 is 24.0 Å². The summed E-state index contributed by atoms with van der Waals surface area (Å²) in [6, 6.07) is 8.19. The van der Waals surface area contributed by atoms with Crippen LogP contribution in [0.3, 0.4) is 0 Å². The molecular formula is C17H29IN4. The number of hydrogen-bond donors (Lipinski definition) is 2. The lowest BCUT2D eigenvalue weighted by molar-refractivity contribution is 0.188. The zero-order valence-corrected chi connectivity index (χ0v) is 16.0. The van der Waals surface area contributed by atoms with E-state index in [0.29, 0.717) is 5.96 Å². The van der Waals surface area contributed by atoms with E-state index in [9.17, 15) is 0 Å². The summed E-state index contributed by atoms with van der Waals surface area (Å²) in [5, 5.41) is 3.14. The highest BCUT2D eigenvalue weighted by molar-refractivity contribution is 14.0. The van der Waals surface area contributed by atoms with Crippen LogP contribution in [-0.4, -0.2) is 37.0 Å². The maximum absolute atomic E-state index is 5.93. The van der Waals surface area contributed by atoms with E-state index < -0.39 is 0 Å². The molecular weight excluding hydrogens is 387 g/mol. The summed E-state index contributed by atoms with van der Waals surface area (Å²) >= 11 is 0. The molecule has 0 atom stereocenters. The maximum Gasteiger partial charge on any atom is 0.193 e. The zero-order valence-electron chi connectivity index (χ0n) is 13.7. The molecule has 0 bridgehead atoms. The number of hydrogen-bond acceptors (Lipinski definition) is 2. The summed E-state index contributed by atoms with van der Waals surface area (Å²) in [5.74, 6) is 1.33. The van der Waals surface area contributed by atoms with E-state index in [-0.39, 0.29) is 24.0 Å². The van der Waals surface area contributed by atoms with E-state index in [1.807, 2.05) is 12.1 Å². The van der Waals surface area contributed by atoms with Crippen molar-refractivity contribution < 1.29 is 0 Å². The smallest absolute Gasteiger partial charge is 0.193 e. The van der Waals surface area contributed by atoms with E-state index >= 15 is 0 Å². The van der Waals surface area contributed by atoms with Crippen molar-refractivity contribution >= 4 is 35.6 Å². The first kappa shape index (κ1) is 19.2. The topological polar surface area (TPSA) is 53.6 Å². The highest BCUT2D eigenvalue weighted by atomic mass is 127. The van der Waals surface area contributed by atoms with E-state index in [2.05, 4.69) is 41.2 Å². The molecule has 1 aromatic rings. The van der Waals surface area contributed by atoms with E-state index in [1.165, 1.54) is 38.0 Å². The highest BCUT2D eigenvalue weighted by Crippen LogP contribution is 2.20. The quantitative estimate of drug-likeness (QED) is 0.439. The number of rotatable bonds is 5. The molecule has 1 heterocycles. The predicted octanol–water partition coefficient (Wildman–Crippen LogP) is 3.46. The molecule has 22 heavy (non-hydrogen) atoms. The summed E-state index contributed by atoms with van der Waals surface area (Å²) in [6.45, 7) is 8.79. The van der Waals surface area contributed by atoms with Gasteiger partial charge >= 0.3 is 0 Å². The van der Waals surface area contributed by atoms with Gasteiger partial charge in [-0.3, -0.25) is 4.99 Å². The van der Waals surface area contributed by atoms with E-state index in [0.717, 1.165) is 24.6 Å². The van der Waals surface area contributed by atoms with Crippen LogP contribution < -0.4 is 11.1 Å². The molecule has 3 N–H and O–H groups in total. The fourth-order valence-corrected chi connectivity index (χ4v) is 2.78. The van der Waals surface area contributed by atoms with Gasteiger partial charge < -0.3 is 16.0 Å². The molecule has 1 aromatic carbocycles. The molecule has 1 saturated heterocycles. The fraction of sp³-hybridized carbons (Fsp3) is 0.588. The van der Waals surface area contributed by atoms with Crippen molar-refractivity contribution in [2.45, 2.75) is 33.1 Å². The summed E-state index contributed by atoms with van der Waals surface area (Å²) in [4.78, 5) is 6.97. The first-order chi connectivity index (χ1) is 10.2. The molecule has 0 unspecified atom stereocenters. The Morgan fingerprint density at radius 3 is 2.50 bits per heavy atom. The van der Waals surface area contributed by atoms with Crippen LogP contribution in [0.1, 0.15) is 31.7 Å². The Kier molecular flexibility index (Phi) is 8.78. The van der Waals surface area contributed by atoms with Crippen molar-refractivity contribution in [3.63, 3.8) is 0 Å². The van der Waals surface area contributed by atoms with Gasteiger partial charge in [0.2, 0.25) is 0 Å². The van der Waals surface area contributed by atoms with Crippen LogP contribution in [-0.2, 0) is 0 Å². The van der Waals surface area contributed by atoms with E-state index in [4.69, 9.17) is 5.73 Å². The average Bonchev–Trinajstić information content (AvgIpc) is 2.50. The average molecular weight is 416 g/mol. The minimum atomic E-state index is 0. The lowest BCUT2D eigenvalue weighted by atomic mass is 9.94. The van der Waals surface area contributed by atoms with Crippen LogP contribution in [0.5, 0.6) is 0 Å². The maximum atomic E-state index is 5.93. The molecule has 0 aliphatic carbocycles. The molecule has 0 aromatic heterocycles. The minimum Gasteiger partial charge on any atom is -0.370 e. The number of halogens is 1. The van der Waals surface area contributed by atoms with Crippen LogP contribution in [0.15, 0.2) is 29.3 Å². The van der Waals surface area contributed by atoms with E-state index in [1.54, 1.807) is 0 Å². The third kappa shape index (κ3) is 6.52. The second-order valence-electron chi connectivity index (χ2n) is 5.92. The molecule has 124 valence electrons. The van der Waals surface area contributed by atoms with Crippen LogP contribution in [0, 0.1) is 12.8 Å². The molecule has 0 spiro atoms. The predicted molar refractivity (Wildman–Crippen MR) is 106 cm³/mol. The first-order valence-corrected chi connectivity index (χ1v) is 8.03. The van der Waals surface area contributed by atoms with Crippen LogP contribution in [0.4, 0.5) is 5.69 Å². The van der Waals surface area contributed by atoms with Crippen LogP contribution in [0.2, 0.25) is 0 Å². The highest BCUT2D eigenvalue weighted by Gasteiger charge is 2.17. The van der Waals surface area contributed by atoms with Gasteiger partial charge in [0.25, 0.3) is 0 Å². The molecule has 4 nitrogen and oxygen atoms in total. The van der Waals surface area contributed by atoms with Crippen molar-refractivity contribution in [1.82, 2.24) is 4.90 Å². The number of aliphatic imine (C=N–C) groups is 1. The Morgan fingerprint density at radius 1 is 1.27 bits per heavy atom. The van der Waals surface area contributed by atoms with Gasteiger partial charge in [-0.05, 0) is 63.9 Å². The number of aryl methyl sites for hydroxylation is 1. The summed E-state index contributed by atoms with van der Waals surface area (Å²) in [6.07, 6.45) is 3.75. The summed E-state index contributed by atoms with van der Waals surface area (Å²) < 4.78 is 0. The number of likely N-dealkylation sites (tertiary alicyclic amines) is 1. The van der Waals surface area contributed by atoms with Crippen molar-refractivity contribution in [2.75, 3.05) is 31.5 Å². The number of piperidine rings is 1. The van der Waals surface area contributed by atoms with Gasteiger partial charge in [0.05, 0.1) is 0 Å². The molecule has 0 radical (unpaired) electrons. The summed E-state index contributed by atoms with van der Waals surface area (Å²) in [7, 11) is 0. The van der Waals surface area contributed by atoms with Gasteiger partial charge in [-0.1, -0.05) is 24.6 Å². The second kappa shape index (κ2) is 10.0. The Morgan fingerprint density at radius 2 is 1.91 bits per heavy atom. The van der Waals surface area contributed by atoms with Crippen molar-refractivity contribution in [1.29, 1.82) is 0 Å². The Bertz CT molecular complexity index is 450. The first-order valence-electron chi connectivity index (χ1n) is 8.03. The third-order valence-corrected chi connectivity index (χ3v) is 4.30. The monoisotopic (exact) mass is 416 g/mol. The minimum absolute atomic E-state index is 0. The lowest BCUT2D eigenvalue weighted by Crippen LogP contribution is -2.33. The largest absolute Gasteiger partial charge is 0.370 e. The fourth-order valence-electron chi connectivity index (χ4n) is 2.78. The number of anilines is 1. The molecule has 0 saturated carbocycles. The molecule has 1 fully saturated rings. The van der Waals surface area contributed by atoms with Gasteiger partial charge in [0.15, 0.2) is 5.96 Å². The standard InChI is InChI=1S/C17H28N4.HI/c1-3-21-12-9-15(10-13-21)8-11-19-17(18)20-16-6-4-14(2)5-7-16;/h4-7,15H,3,8-13H2,1-2H3,(H3,18,19,20);1H. The zero-order chi connectivity index (χ0) is 15.1. The Hall–Kier alpha value is -0.820. The number of benzene rings is 1. The van der Waals surface area contributed by atoms with Gasteiger partial charge in [-0.15, -0.1) is 24.0 Å². The molecule has 1 aliphatic rings. The number of nitrogens with two attached hydrogens (primary N) is 1. The molecule has 0 amide bonds. The number of guanidine groups is 1. The Balaban J connectivity index is 0.00000242. The molecule has 2 rings (SSSR count). The molecule has 5 heteroatoms. The Labute approximate surface area is 151 Å². The van der Waals surface area contributed by atoms with Crippen LogP contribution in [0.25, 0.3) is 0 Å². The van der Waals surface area contributed by atoms with Gasteiger partial charge in [0.1, 0.15) is 0 Å². The van der Waals surface area contributed by atoms with Gasteiger partial charge in [-0.25, -0.2) is 0 Å². The number of nitrogens with zero attached hydrogens (tertiary/aromatic N) is 2. The molecule has 1 aliphatic heterocycles. The summed E-state index contributed by atoms with van der Waals surface area (Å²) in [5.41, 5.74) is 8.18. The van der Waals surface area contributed by atoms with Crippen molar-refractivity contribution in [3.05, 3.63) is 29.8 Å². The number of nitrogens with one attached hydrogen (secondary N) is 1. The van der Waals surface area contributed by atoms with Crippen molar-refractivity contribution in [2.24, 2.45) is 16.6 Å². The third-order valence-electron chi connectivity index (χ3n) is 4.30.